The molecular weight excluding hydrogens is 375 g/mol. The molecule has 0 saturated heterocycles. The summed E-state index contributed by atoms with van der Waals surface area (Å²) in [4.78, 5) is 13.3. The van der Waals surface area contributed by atoms with Crippen LogP contribution in [0.1, 0.15) is 43.2 Å². The molecule has 0 fully saturated rings. The van der Waals surface area contributed by atoms with Crippen LogP contribution in [0.25, 0.3) is 6.08 Å². The van der Waals surface area contributed by atoms with Crippen molar-refractivity contribution >= 4 is 23.4 Å². The summed E-state index contributed by atoms with van der Waals surface area (Å²) >= 11 is 0. The van der Waals surface area contributed by atoms with E-state index in [0.29, 0.717) is 18.7 Å². The third kappa shape index (κ3) is 3.67. The molecule has 1 amide bonds. The molecular formula is C24H23F3NO+. The quantitative estimate of drug-likeness (QED) is 0.409. The summed E-state index contributed by atoms with van der Waals surface area (Å²) in [5, 5.41) is 0. The molecule has 1 unspecified atom stereocenters. The molecule has 4 rings (SSSR count). The van der Waals surface area contributed by atoms with Crippen molar-refractivity contribution in [3.8, 4) is 0 Å². The molecule has 2 aliphatic rings. The second-order valence-electron chi connectivity index (χ2n) is 7.67. The lowest BCUT2D eigenvalue weighted by atomic mass is 9.95. The van der Waals surface area contributed by atoms with Gasteiger partial charge in [0.15, 0.2) is 5.69 Å². The summed E-state index contributed by atoms with van der Waals surface area (Å²) in [6, 6.07) is 12.7. The summed E-state index contributed by atoms with van der Waals surface area (Å²) in [5.74, 6) is -0.209. The second-order valence-corrected chi connectivity index (χ2v) is 7.67. The highest BCUT2D eigenvalue weighted by atomic mass is 19.4. The van der Waals surface area contributed by atoms with Crippen molar-refractivity contribution < 1.29 is 18.0 Å². The molecule has 0 N–H and O–H groups in total. The van der Waals surface area contributed by atoms with Crippen molar-refractivity contribution in [3.05, 3.63) is 77.4 Å². The van der Waals surface area contributed by atoms with Crippen molar-refractivity contribution in [2.24, 2.45) is 0 Å². The fraction of sp³-hybridized carbons (Fsp3) is 0.292. The van der Waals surface area contributed by atoms with Crippen molar-refractivity contribution in [3.63, 3.8) is 0 Å². The minimum absolute atomic E-state index is 0.209. The molecule has 0 aromatic heterocycles. The van der Waals surface area contributed by atoms with E-state index < -0.39 is 11.7 Å². The summed E-state index contributed by atoms with van der Waals surface area (Å²) < 4.78 is 40.0. The number of hydrogen-bond acceptors (Lipinski definition) is 1. The molecule has 150 valence electrons. The smallest absolute Gasteiger partial charge is 0.225 e. The molecule has 2 aromatic rings. The van der Waals surface area contributed by atoms with Gasteiger partial charge in [-0.2, -0.15) is 17.7 Å². The van der Waals surface area contributed by atoms with Crippen LogP contribution < -0.4 is 4.48 Å². The fourth-order valence-electron chi connectivity index (χ4n) is 4.37. The normalized spacial score (nSPS) is 21.6. The van der Waals surface area contributed by atoms with E-state index in [0.717, 1.165) is 42.6 Å². The van der Waals surface area contributed by atoms with Gasteiger partial charge in [-0.15, -0.1) is 0 Å². The zero-order valence-corrected chi connectivity index (χ0v) is 16.1. The van der Waals surface area contributed by atoms with Crippen molar-refractivity contribution in [1.29, 1.82) is 0 Å². The number of allylic oxidation sites excluding steroid dienone is 1. The molecule has 0 radical (unpaired) electrons. The van der Waals surface area contributed by atoms with Crippen molar-refractivity contribution in [2.75, 3.05) is 6.54 Å². The standard InChI is InChI=1S/C24H23F3NO/c25-24(26,27)20-10-6-11-21(17-20)28(16-15-18-7-2-1-3-8-18)22-12-5-4-9-19(22)13-14-23(28)29/h4-7,9-14,17H,1-3,8,15-16H2/q+1. The van der Waals surface area contributed by atoms with E-state index in [1.54, 1.807) is 12.1 Å². The van der Waals surface area contributed by atoms with Gasteiger partial charge in [0.2, 0.25) is 0 Å². The summed E-state index contributed by atoms with van der Waals surface area (Å²) in [6.45, 7) is 0.410. The maximum absolute atomic E-state index is 13.4. The molecule has 2 nitrogen and oxygen atoms in total. The number of quaternary nitrogens is 1. The Hall–Kier alpha value is -2.66. The predicted octanol–water partition coefficient (Wildman–Crippen LogP) is 6.79. The van der Waals surface area contributed by atoms with Crippen molar-refractivity contribution in [2.45, 2.75) is 38.3 Å². The van der Waals surface area contributed by atoms with Gasteiger partial charge in [0.1, 0.15) is 5.69 Å². The van der Waals surface area contributed by atoms with Crippen LogP contribution in [0.2, 0.25) is 0 Å². The number of halogens is 3. The van der Waals surface area contributed by atoms with Crippen LogP contribution in [-0.4, -0.2) is 12.5 Å². The first-order chi connectivity index (χ1) is 13.9. The van der Waals surface area contributed by atoms with Crippen LogP contribution in [-0.2, 0) is 11.0 Å². The zero-order valence-electron chi connectivity index (χ0n) is 16.1. The number of rotatable bonds is 4. The van der Waals surface area contributed by atoms with E-state index in [4.69, 9.17) is 0 Å². The first kappa shape index (κ1) is 19.6. The molecule has 29 heavy (non-hydrogen) atoms. The Bertz CT molecular complexity index is 990. The van der Waals surface area contributed by atoms with Crippen molar-refractivity contribution in [1.82, 2.24) is 4.48 Å². The topological polar surface area (TPSA) is 17.1 Å². The Balaban J connectivity index is 1.85. The number of para-hydroxylation sites is 1. The molecule has 0 saturated carbocycles. The molecule has 2 aromatic carbocycles. The van der Waals surface area contributed by atoms with Gasteiger partial charge in [-0.1, -0.05) is 29.8 Å². The van der Waals surface area contributed by atoms with Gasteiger partial charge in [0.25, 0.3) is 0 Å². The van der Waals surface area contributed by atoms with Crippen LogP contribution in [0.5, 0.6) is 0 Å². The van der Waals surface area contributed by atoms with E-state index in [9.17, 15) is 18.0 Å². The lowest BCUT2D eigenvalue weighted by Gasteiger charge is -2.37. The lowest BCUT2D eigenvalue weighted by molar-refractivity contribution is -0.137. The van der Waals surface area contributed by atoms with Gasteiger partial charge < -0.3 is 0 Å². The van der Waals surface area contributed by atoms with Crippen LogP contribution in [0, 0.1) is 0 Å². The highest BCUT2D eigenvalue weighted by Crippen LogP contribution is 2.43. The van der Waals surface area contributed by atoms with Gasteiger partial charge in [-0.05, 0) is 43.9 Å². The van der Waals surface area contributed by atoms with Crippen LogP contribution >= 0.6 is 0 Å². The summed E-state index contributed by atoms with van der Waals surface area (Å²) in [7, 11) is 0. The molecule has 0 bridgehead atoms. The maximum Gasteiger partial charge on any atom is 0.416 e. The average molecular weight is 398 g/mol. The fourth-order valence-corrected chi connectivity index (χ4v) is 4.37. The maximum atomic E-state index is 13.4. The van der Waals surface area contributed by atoms with Gasteiger partial charge in [0.05, 0.1) is 12.1 Å². The first-order valence-corrected chi connectivity index (χ1v) is 9.97. The Morgan fingerprint density at radius 1 is 0.966 bits per heavy atom. The highest BCUT2D eigenvalue weighted by molar-refractivity contribution is 6.08. The summed E-state index contributed by atoms with van der Waals surface area (Å²) in [5.41, 5.74) is 2.51. The molecule has 1 heterocycles. The zero-order chi connectivity index (χ0) is 20.5. The van der Waals surface area contributed by atoms with Crippen LogP contribution in [0.4, 0.5) is 24.5 Å². The number of amides is 1. The second kappa shape index (κ2) is 7.64. The number of alkyl halides is 3. The summed E-state index contributed by atoms with van der Waals surface area (Å²) in [6.07, 6.45) is 6.02. The Morgan fingerprint density at radius 2 is 1.79 bits per heavy atom. The van der Waals surface area contributed by atoms with E-state index in [-0.39, 0.29) is 10.4 Å². The molecule has 0 spiro atoms. The van der Waals surface area contributed by atoms with E-state index in [1.165, 1.54) is 24.1 Å². The minimum Gasteiger partial charge on any atom is -0.225 e. The van der Waals surface area contributed by atoms with Gasteiger partial charge in [0, 0.05) is 36.3 Å². The largest absolute Gasteiger partial charge is 0.416 e. The Labute approximate surface area is 168 Å². The van der Waals surface area contributed by atoms with Crippen LogP contribution in [0.3, 0.4) is 0 Å². The van der Waals surface area contributed by atoms with E-state index in [2.05, 4.69) is 6.08 Å². The highest BCUT2D eigenvalue weighted by Gasteiger charge is 2.45. The SMILES string of the molecule is O=C1C=Cc2ccccc2[N+]1(CCC1=CCCCC1)c1cccc(C(F)(F)F)c1. The minimum atomic E-state index is -4.46. The molecule has 1 atom stereocenters. The van der Waals surface area contributed by atoms with E-state index in [1.807, 2.05) is 24.3 Å². The number of benzene rings is 2. The molecule has 5 heteroatoms. The first-order valence-electron chi connectivity index (χ1n) is 9.97. The number of nitrogens with zero attached hydrogens (tertiary/aromatic N) is 1. The van der Waals surface area contributed by atoms with Gasteiger partial charge >= 0.3 is 12.1 Å². The Morgan fingerprint density at radius 3 is 2.55 bits per heavy atom. The van der Waals surface area contributed by atoms with E-state index >= 15 is 0 Å². The lowest BCUT2D eigenvalue weighted by Crippen LogP contribution is -2.51. The third-order valence-corrected chi connectivity index (χ3v) is 5.90. The third-order valence-electron chi connectivity index (χ3n) is 5.90. The molecule has 1 aliphatic carbocycles. The van der Waals surface area contributed by atoms with Crippen LogP contribution in [0.15, 0.2) is 66.3 Å². The van der Waals surface area contributed by atoms with Gasteiger partial charge in [-0.3, -0.25) is 0 Å². The molecule has 1 aliphatic heterocycles. The number of carbonyl (C=O) groups excluding carboxylic acids is 1. The number of carbonyl (C=O) groups is 1. The number of hydrogen-bond donors (Lipinski definition) is 0. The Kier molecular flexibility index (Phi) is 5.17. The number of fused-ring (bicyclic) bond motifs is 1. The monoisotopic (exact) mass is 398 g/mol. The predicted molar refractivity (Wildman–Crippen MR) is 109 cm³/mol. The van der Waals surface area contributed by atoms with Gasteiger partial charge in [-0.25, -0.2) is 4.79 Å². The average Bonchev–Trinajstić information content (AvgIpc) is 2.73.